The van der Waals surface area contributed by atoms with Gasteiger partial charge in [0.1, 0.15) is 5.01 Å². The van der Waals surface area contributed by atoms with Crippen LogP contribution in [0.1, 0.15) is 10.6 Å². The van der Waals surface area contributed by atoms with Gasteiger partial charge in [-0.05, 0) is 19.1 Å². The van der Waals surface area contributed by atoms with Crippen molar-refractivity contribution in [3.63, 3.8) is 0 Å². The van der Waals surface area contributed by atoms with E-state index in [-0.39, 0.29) is 5.82 Å². The molecule has 3 rings (SSSR count). The topological polar surface area (TPSA) is 22.1 Å². The molecule has 0 amide bonds. The molecule has 4 heteroatoms. The standard InChI is InChI=1S/C18H16FNOS/c1-13-16(11-12-21-17-10-6-5-9-15(17)19)20-18(22-13)14-7-3-2-4-8-14/h2-10H,11-12H2,1H3. The van der Waals surface area contributed by atoms with Crippen LogP contribution in [0.2, 0.25) is 0 Å². The van der Waals surface area contributed by atoms with Crippen LogP contribution in [0.15, 0.2) is 54.6 Å². The first kappa shape index (κ1) is 14.7. The lowest BCUT2D eigenvalue weighted by atomic mass is 10.2. The molecule has 2 aromatic carbocycles. The number of hydrogen-bond acceptors (Lipinski definition) is 3. The number of nitrogens with zero attached hydrogens (tertiary/aromatic N) is 1. The molecule has 0 spiro atoms. The molecule has 0 atom stereocenters. The van der Waals surface area contributed by atoms with E-state index in [0.29, 0.717) is 18.8 Å². The van der Waals surface area contributed by atoms with E-state index in [2.05, 4.69) is 24.0 Å². The maximum atomic E-state index is 13.5. The molecule has 0 aliphatic carbocycles. The molecule has 0 N–H and O–H groups in total. The van der Waals surface area contributed by atoms with Gasteiger partial charge >= 0.3 is 0 Å². The molecule has 3 aromatic rings. The summed E-state index contributed by atoms with van der Waals surface area (Å²) in [5.74, 6) is -0.0406. The zero-order valence-electron chi connectivity index (χ0n) is 12.3. The molecule has 1 aromatic heterocycles. The lowest BCUT2D eigenvalue weighted by Gasteiger charge is -2.06. The number of para-hydroxylation sites is 1. The van der Waals surface area contributed by atoms with E-state index in [1.165, 1.54) is 10.9 Å². The molecule has 0 fully saturated rings. The number of ether oxygens (including phenoxy) is 1. The number of halogens is 1. The van der Waals surface area contributed by atoms with Crippen LogP contribution in [0.25, 0.3) is 10.6 Å². The average Bonchev–Trinajstić information content (AvgIpc) is 2.91. The van der Waals surface area contributed by atoms with Crippen molar-refractivity contribution in [1.82, 2.24) is 4.98 Å². The Labute approximate surface area is 133 Å². The fourth-order valence-electron chi connectivity index (χ4n) is 2.18. The van der Waals surface area contributed by atoms with Gasteiger partial charge in [-0.25, -0.2) is 9.37 Å². The van der Waals surface area contributed by atoms with Crippen LogP contribution in [0, 0.1) is 12.7 Å². The molecular formula is C18H16FNOS. The molecule has 0 radical (unpaired) electrons. The van der Waals surface area contributed by atoms with Crippen LogP contribution in [0.5, 0.6) is 5.75 Å². The molecular weight excluding hydrogens is 297 g/mol. The van der Waals surface area contributed by atoms with Crippen molar-refractivity contribution < 1.29 is 9.13 Å². The number of benzene rings is 2. The summed E-state index contributed by atoms with van der Waals surface area (Å²) in [4.78, 5) is 5.86. The first-order valence-electron chi connectivity index (χ1n) is 7.13. The van der Waals surface area contributed by atoms with E-state index in [1.807, 2.05) is 18.2 Å². The van der Waals surface area contributed by atoms with Crippen molar-refractivity contribution in [3.05, 3.63) is 71.0 Å². The number of thiazole rings is 1. The summed E-state index contributed by atoms with van der Waals surface area (Å²) in [6.45, 7) is 2.47. The SMILES string of the molecule is Cc1sc(-c2ccccc2)nc1CCOc1ccccc1F. The van der Waals surface area contributed by atoms with Gasteiger partial charge in [0.25, 0.3) is 0 Å². The Bertz CT molecular complexity index is 755. The fraction of sp³-hybridized carbons (Fsp3) is 0.167. The fourth-order valence-corrected chi connectivity index (χ4v) is 3.15. The van der Waals surface area contributed by atoms with Crippen molar-refractivity contribution >= 4 is 11.3 Å². The smallest absolute Gasteiger partial charge is 0.165 e. The molecule has 2 nitrogen and oxygen atoms in total. The van der Waals surface area contributed by atoms with Crippen LogP contribution in [-0.2, 0) is 6.42 Å². The second kappa shape index (κ2) is 6.71. The minimum absolute atomic E-state index is 0.290. The van der Waals surface area contributed by atoms with Crippen LogP contribution in [-0.4, -0.2) is 11.6 Å². The second-order valence-corrected chi connectivity index (χ2v) is 6.12. The van der Waals surface area contributed by atoms with Gasteiger partial charge < -0.3 is 4.74 Å². The third kappa shape index (κ3) is 3.34. The van der Waals surface area contributed by atoms with Crippen molar-refractivity contribution in [3.8, 4) is 16.3 Å². The average molecular weight is 313 g/mol. The summed E-state index contributed by atoms with van der Waals surface area (Å²) in [5.41, 5.74) is 2.14. The Kier molecular flexibility index (Phi) is 4.49. The normalized spacial score (nSPS) is 10.6. The van der Waals surface area contributed by atoms with Gasteiger partial charge in [-0.3, -0.25) is 0 Å². The minimum Gasteiger partial charge on any atom is -0.490 e. The Morgan fingerprint density at radius 2 is 1.77 bits per heavy atom. The van der Waals surface area contributed by atoms with Crippen LogP contribution < -0.4 is 4.74 Å². The summed E-state index contributed by atoms with van der Waals surface area (Å²) in [6, 6.07) is 16.6. The van der Waals surface area contributed by atoms with E-state index >= 15 is 0 Å². The summed E-state index contributed by atoms with van der Waals surface area (Å²) >= 11 is 1.68. The highest BCUT2D eigenvalue weighted by atomic mass is 32.1. The van der Waals surface area contributed by atoms with E-state index < -0.39 is 0 Å². The van der Waals surface area contributed by atoms with Crippen molar-refractivity contribution in [1.29, 1.82) is 0 Å². The second-order valence-electron chi connectivity index (χ2n) is 4.92. The van der Waals surface area contributed by atoms with Gasteiger partial charge in [-0.15, -0.1) is 11.3 Å². The lowest BCUT2D eigenvalue weighted by Crippen LogP contribution is -2.03. The molecule has 0 saturated heterocycles. The van der Waals surface area contributed by atoms with E-state index in [1.54, 1.807) is 29.5 Å². The van der Waals surface area contributed by atoms with Gasteiger partial charge in [-0.2, -0.15) is 0 Å². The monoisotopic (exact) mass is 313 g/mol. The third-order valence-corrected chi connectivity index (χ3v) is 4.41. The van der Waals surface area contributed by atoms with E-state index in [4.69, 9.17) is 4.74 Å². The third-order valence-electron chi connectivity index (χ3n) is 3.35. The van der Waals surface area contributed by atoms with Gasteiger partial charge in [-0.1, -0.05) is 42.5 Å². The Morgan fingerprint density at radius 1 is 1.05 bits per heavy atom. The zero-order chi connectivity index (χ0) is 15.4. The Balaban J connectivity index is 1.66. The first-order chi connectivity index (χ1) is 10.7. The largest absolute Gasteiger partial charge is 0.490 e. The predicted octanol–water partition coefficient (Wildman–Crippen LogP) is 4.88. The molecule has 1 heterocycles. The maximum Gasteiger partial charge on any atom is 0.165 e. The van der Waals surface area contributed by atoms with Gasteiger partial charge in [0.05, 0.1) is 12.3 Å². The molecule has 0 aliphatic heterocycles. The first-order valence-corrected chi connectivity index (χ1v) is 7.95. The number of aromatic nitrogens is 1. The Morgan fingerprint density at radius 3 is 2.55 bits per heavy atom. The summed E-state index contributed by atoms with van der Waals surface area (Å²) < 4.78 is 19.0. The number of hydrogen-bond donors (Lipinski definition) is 0. The molecule has 112 valence electrons. The van der Waals surface area contributed by atoms with Gasteiger partial charge in [0.15, 0.2) is 11.6 Å². The highest BCUT2D eigenvalue weighted by Crippen LogP contribution is 2.27. The summed E-state index contributed by atoms with van der Waals surface area (Å²) in [6.07, 6.45) is 0.670. The van der Waals surface area contributed by atoms with Crippen LogP contribution >= 0.6 is 11.3 Å². The van der Waals surface area contributed by atoms with Crippen molar-refractivity contribution in [2.24, 2.45) is 0 Å². The summed E-state index contributed by atoms with van der Waals surface area (Å²) in [5, 5.41) is 1.01. The van der Waals surface area contributed by atoms with E-state index in [0.717, 1.165) is 16.3 Å². The highest BCUT2D eigenvalue weighted by Gasteiger charge is 2.10. The molecule has 0 saturated carbocycles. The Hall–Kier alpha value is -2.20. The molecule has 0 unspecified atom stereocenters. The van der Waals surface area contributed by atoms with Crippen molar-refractivity contribution in [2.45, 2.75) is 13.3 Å². The highest BCUT2D eigenvalue weighted by molar-refractivity contribution is 7.15. The van der Waals surface area contributed by atoms with Gasteiger partial charge in [0.2, 0.25) is 0 Å². The quantitative estimate of drug-likeness (QED) is 0.670. The molecule has 0 aliphatic rings. The van der Waals surface area contributed by atoms with E-state index in [9.17, 15) is 4.39 Å². The number of aryl methyl sites for hydroxylation is 1. The predicted molar refractivity (Wildman–Crippen MR) is 87.9 cm³/mol. The maximum absolute atomic E-state index is 13.5. The minimum atomic E-state index is -0.331. The van der Waals surface area contributed by atoms with Crippen LogP contribution in [0.4, 0.5) is 4.39 Å². The van der Waals surface area contributed by atoms with Gasteiger partial charge in [0, 0.05) is 16.9 Å². The number of rotatable bonds is 5. The zero-order valence-corrected chi connectivity index (χ0v) is 13.1. The van der Waals surface area contributed by atoms with Crippen LogP contribution in [0.3, 0.4) is 0 Å². The lowest BCUT2D eigenvalue weighted by molar-refractivity contribution is 0.304. The molecule has 0 bridgehead atoms. The van der Waals surface area contributed by atoms with Crippen molar-refractivity contribution in [2.75, 3.05) is 6.61 Å². The summed E-state index contributed by atoms with van der Waals surface area (Å²) in [7, 11) is 0. The molecule has 22 heavy (non-hydrogen) atoms.